The van der Waals surface area contributed by atoms with Crippen LogP contribution < -0.4 is 0 Å². The van der Waals surface area contributed by atoms with E-state index in [4.69, 9.17) is 0 Å². The number of urea groups is 1. The van der Waals surface area contributed by atoms with Gasteiger partial charge in [0, 0.05) is 37.2 Å². The van der Waals surface area contributed by atoms with E-state index in [-0.39, 0.29) is 6.03 Å². The fourth-order valence-electron chi connectivity index (χ4n) is 2.59. The average molecular weight is 292 g/mol. The van der Waals surface area contributed by atoms with Gasteiger partial charge in [0.15, 0.2) is 0 Å². The van der Waals surface area contributed by atoms with E-state index in [1.807, 2.05) is 35.4 Å². The van der Waals surface area contributed by atoms with Crippen molar-refractivity contribution < 1.29 is 4.79 Å². The zero-order valence-electron chi connectivity index (χ0n) is 12.4. The molecule has 1 aliphatic rings. The Balaban J connectivity index is 1.97. The van der Waals surface area contributed by atoms with Gasteiger partial charge in [0.05, 0.1) is 0 Å². The van der Waals surface area contributed by atoms with Crippen LogP contribution in [0.2, 0.25) is 0 Å². The van der Waals surface area contributed by atoms with Gasteiger partial charge in [0.1, 0.15) is 0 Å². The van der Waals surface area contributed by atoms with Crippen molar-refractivity contribution in [3.8, 4) is 0 Å². The summed E-state index contributed by atoms with van der Waals surface area (Å²) in [4.78, 5) is 16.3. The van der Waals surface area contributed by atoms with Crippen LogP contribution in [0.25, 0.3) is 0 Å². The predicted molar refractivity (Wildman–Crippen MR) is 86.1 cm³/mol. The molecule has 4 heteroatoms. The predicted octanol–water partition coefficient (Wildman–Crippen LogP) is 3.63. The molecule has 1 fully saturated rings. The number of carbonyl (C=O) groups is 1. The second-order valence-electron chi connectivity index (χ2n) is 5.00. The van der Waals surface area contributed by atoms with Crippen LogP contribution in [0, 0.1) is 0 Å². The maximum absolute atomic E-state index is 12.4. The molecule has 0 saturated carbocycles. The molecule has 2 rings (SSSR count). The molecule has 1 aromatic rings. The molecule has 0 aliphatic carbocycles. The van der Waals surface area contributed by atoms with Gasteiger partial charge in [0.25, 0.3) is 0 Å². The Hall–Kier alpha value is -1.16. The number of hydrogen-bond donors (Lipinski definition) is 0. The Bertz CT molecular complexity index is 420. The van der Waals surface area contributed by atoms with Crippen molar-refractivity contribution in [2.24, 2.45) is 0 Å². The number of hydrogen-bond acceptors (Lipinski definition) is 2. The fourth-order valence-corrected chi connectivity index (χ4v) is 3.82. The molecule has 0 radical (unpaired) electrons. The summed E-state index contributed by atoms with van der Waals surface area (Å²) < 4.78 is 0. The smallest absolute Gasteiger partial charge is 0.320 e. The van der Waals surface area contributed by atoms with Crippen molar-refractivity contribution >= 4 is 17.8 Å². The maximum atomic E-state index is 12.4. The molecule has 1 heterocycles. The quantitative estimate of drug-likeness (QED) is 0.849. The van der Waals surface area contributed by atoms with Crippen LogP contribution in [0.4, 0.5) is 4.79 Å². The molecule has 20 heavy (non-hydrogen) atoms. The van der Waals surface area contributed by atoms with Gasteiger partial charge in [-0.1, -0.05) is 30.3 Å². The molecule has 1 saturated heterocycles. The first-order valence-corrected chi connectivity index (χ1v) is 8.51. The number of rotatable bonds is 3. The van der Waals surface area contributed by atoms with Gasteiger partial charge in [0.2, 0.25) is 0 Å². The van der Waals surface area contributed by atoms with Crippen LogP contribution in [0.1, 0.15) is 31.1 Å². The van der Waals surface area contributed by atoms with E-state index in [1.165, 1.54) is 5.56 Å². The summed E-state index contributed by atoms with van der Waals surface area (Å²) in [6, 6.07) is 10.8. The van der Waals surface area contributed by atoms with Crippen LogP contribution in [0.3, 0.4) is 0 Å². The molecule has 1 atom stereocenters. The molecular weight excluding hydrogens is 268 g/mol. The number of carbonyl (C=O) groups excluding carboxylic acids is 1. The highest BCUT2D eigenvalue weighted by molar-refractivity contribution is 7.99. The van der Waals surface area contributed by atoms with Crippen LogP contribution in [-0.4, -0.2) is 47.8 Å². The fraction of sp³-hybridized carbons (Fsp3) is 0.562. The highest BCUT2D eigenvalue weighted by atomic mass is 32.2. The zero-order chi connectivity index (χ0) is 14.4. The lowest BCUT2D eigenvalue weighted by Gasteiger charge is -2.28. The monoisotopic (exact) mass is 292 g/mol. The molecule has 110 valence electrons. The molecule has 1 aromatic carbocycles. The van der Waals surface area contributed by atoms with E-state index in [1.54, 1.807) is 0 Å². The van der Waals surface area contributed by atoms with Crippen LogP contribution >= 0.6 is 11.8 Å². The van der Waals surface area contributed by atoms with E-state index < -0.39 is 0 Å². The third-order valence-corrected chi connectivity index (χ3v) is 5.15. The standard InChI is InChI=1S/C16H24N2OS/c1-3-17(4-2)16(19)18-11-10-15(20-13-12-18)14-8-6-5-7-9-14/h5-9,15H,3-4,10-13H2,1-2H3. The Morgan fingerprint density at radius 1 is 1.25 bits per heavy atom. The zero-order valence-corrected chi connectivity index (χ0v) is 13.2. The van der Waals surface area contributed by atoms with E-state index in [0.717, 1.165) is 38.4 Å². The molecule has 0 aromatic heterocycles. The van der Waals surface area contributed by atoms with Crippen molar-refractivity contribution in [3.05, 3.63) is 35.9 Å². The molecule has 2 amide bonds. The lowest BCUT2D eigenvalue weighted by molar-refractivity contribution is 0.160. The van der Waals surface area contributed by atoms with E-state index in [9.17, 15) is 4.79 Å². The first-order chi connectivity index (χ1) is 9.76. The lowest BCUT2D eigenvalue weighted by Crippen LogP contribution is -2.44. The Labute approximate surface area is 126 Å². The Morgan fingerprint density at radius 3 is 2.60 bits per heavy atom. The van der Waals surface area contributed by atoms with Gasteiger partial charge in [-0.2, -0.15) is 11.8 Å². The summed E-state index contributed by atoms with van der Waals surface area (Å²) in [6.45, 7) is 7.40. The van der Waals surface area contributed by atoms with Crippen LogP contribution in [0.5, 0.6) is 0 Å². The lowest BCUT2D eigenvalue weighted by atomic mass is 10.1. The van der Waals surface area contributed by atoms with Crippen molar-refractivity contribution in [3.63, 3.8) is 0 Å². The van der Waals surface area contributed by atoms with Gasteiger partial charge >= 0.3 is 6.03 Å². The summed E-state index contributed by atoms with van der Waals surface area (Å²) in [5, 5.41) is 0.519. The van der Waals surface area contributed by atoms with Gasteiger partial charge in [-0.25, -0.2) is 4.79 Å². The van der Waals surface area contributed by atoms with Crippen LogP contribution in [0.15, 0.2) is 30.3 Å². The van der Waals surface area contributed by atoms with Gasteiger partial charge < -0.3 is 9.80 Å². The molecule has 0 bridgehead atoms. The Kier molecular flexibility index (Phi) is 5.77. The molecule has 3 nitrogen and oxygen atoms in total. The summed E-state index contributed by atoms with van der Waals surface area (Å²) in [6.07, 6.45) is 1.04. The van der Waals surface area contributed by atoms with Crippen molar-refractivity contribution in [2.75, 3.05) is 31.9 Å². The van der Waals surface area contributed by atoms with Gasteiger partial charge in [-0.05, 0) is 25.8 Å². The Morgan fingerprint density at radius 2 is 1.95 bits per heavy atom. The highest BCUT2D eigenvalue weighted by Gasteiger charge is 2.24. The summed E-state index contributed by atoms with van der Waals surface area (Å²) >= 11 is 1.97. The topological polar surface area (TPSA) is 23.6 Å². The SMILES string of the molecule is CCN(CC)C(=O)N1CCSC(c2ccccc2)CC1. The average Bonchev–Trinajstić information content (AvgIpc) is 2.75. The minimum atomic E-state index is 0.198. The summed E-state index contributed by atoms with van der Waals surface area (Å²) in [5.74, 6) is 1.02. The normalized spacial score (nSPS) is 19.5. The van der Waals surface area contributed by atoms with Crippen LogP contribution in [-0.2, 0) is 0 Å². The number of thioether (sulfide) groups is 1. The second-order valence-corrected chi connectivity index (χ2v) is 6.31. The van der Waals surface area contributed by atoms with Crippen molar-refractivity contribution in [1.82, 2.24) is 9.80 Å². The van der Waals surface area contributed by atoms with Crippen molar-refractivity contribution in [1.29, 1.82) is 0 Å². The number of nitrogens with zero attached hydrogens (tertiary/aromatic N) is 2. The number of benzene rings is 1. The second kappa shape index (κ2) is 7.58. The van der Waals surface area contributed by atoms with Gasteiger partial charge in [-0.15, -0.1) is 0 Å². The summed E-state index contributed by atoms with van der Waals surface area (Å²) in [7, 11) is 0. The first kappa shape index (κ1) is 15.2. The highest BCUT2D eigenvalue weighted by Crippen LogP contribution is 2.34. The third-order valence-electron chi connectivity index (χ3n) is 3.82. The molecule has 1 aliphatic heterocycles. The van der Waals surface area contributed by atoms with E-state index >= 15 is 0 Å². The molecule has 0 N–H and O–H groups in total. The molecule has 0 spiro atoms. The van der Waals surface area contributed by atoms with Crippen molar-refractivity contribution in [2.45, 2.75) is 25.5 Å². The van der Waals surface area contributed by atoms with E-state index in [0.29, 0.717) is 5.25 Å². The maximum Gasteiger partial charge on any atom is 0.320 e. The molecule has 1 unspecified atom stereocenters. The van der Waals surface area contributed by atoms with E-state index in [2.05, 4.69) is 30.3 Å². The number of amides is 2. The largest absolute Gasteiger partial charge is 0.325 e. The summed E-state index contributed by atoms with van der Waals surface area (Å²) in [5.41, 5.74) is 1.38. The minimum absolute atomic E-state index is 0.198. The minimum Gasteiger partial charge on any atom is -0.325 e. The first-order valence-electron chi connectivity index (χ1n) is 7.46. The van der Waals surface area contributed by atoms with Gasteiger partial charge in [-0.3, -0.25) is 0 Å². The molecular formula is C16H24N2OS. The third kappa shape index (κ3) is 3.69.